The Morgan fingerprint density at radius 3 is 2.32 bits per heavy atom. The van der Waals surface area contributed by atoms with Gasteiger partial charge in [0.2, 0.25) is 5.91 Å². The summed E-state index contributed by atoms with van der Waals surface area (Å²) in [5, 5.41) is 5.79. The fourth-order valence-electron chi connectivity index (χ4n) is 4.38. The van der Waals surface area contributed by atoms with Crippen LogP contribution in [0.2, 0.25) is 0 Å². The highest BCUT2D eigenvalue weighted by Crippen LogP contribution is 2.33. The Labute approximate surface area is 215 Å². The summed E-state index contributed by atoms with van der Waals surface area (Å²) in [5.74, 6) is 0.699. The summed E-state index contributed by atoms with van der Waals surface area (Å²) in [4.78, 5) is 30.3. The van der Waals surface area contributed by atoms with E-state index in [4.69, 9.17) is 14.1 Å². The zero-order chi connectivity index (χ0) is 25.5. The van der Waals surface area contributed by atoms with Crippen molar-refractivity contribution in [1.29, 1.82) is 0 Å². The lowest BCUT2D eigenvalue weighted by molar-refractivity contribution is -0.116. The zero-order valence-electron chi connectivity index (χ0n) is 20.5. The molecule has 5 rings (SSSR count). The Morgan fingerprint density at radius 1 is 0.892 bits per heavy atom. The molecule has 2 heterocycles. The van der Waals surface area contributed by atoms with E-state index < -0.39 is 0 Å². The number of hydrogen-bond donors (Lipinski definition) is 2. The quantitative estimate of drug-likeness (QED) is 0.320. The number of rotatable bonds is 9. The van der Waals surface area contributed by atoms with Crippen LogP contribution in [-0.4, -0.2) is 36.1 Å². The number of amides is 2. The van der Waals surface area contributed by atoms with Gasteiger partial charge in [-0.2, -0.15) is 0 Å². The first-order valence-electron chi connectivity index (χ1n) is 12.6. The minimum absolute atomic E-state index is 0.0491. The molecule has 2 N–H and O–H groups in total. The molecule has 7 heteroatoms. The van der Waals surface area contributed by atoms with Crippen LogP contribution in [-0.2, 0) is 16.0 Å². The Morgan fingerprint density at radius 2 is 1.59 bits per heavy atom. The average molecular weight is 496 g/mol. The Hall–Kier alpha value is -4.23. The van der Waals surface area contributed by atoms with E-state index in [-0.39, 0.29) is 24.3 Å². The third-order valence-electron chi connectivity index (χ3n) is 6.28. The fourth-order valence-corrected chi connectivity index (χ4v) is 4.38. The lowest BCUT2D eigenvalue weighted by Crippen LogP contribution is -2.32. The molecule has 1 aliphatic heterocycles. The van der Waals surface area contributed by atoms with Crippen molar-refractivity contribution in [2.24, 2.45) is 0 Å². The van der Waals surface area contributed by atoms with Crippen molar-refractivity contribution in [3.63, 3.8) is 0 Å². The Balaban J connectivity index is 1.26. The predicted octanol–water partition coefficient (Wildman–Crippen LogP) is 5.49. The van der Waals surface area contributed by atoms with E-state index in [1.807, 2.05) is 60.7 Å². The van der Waals surface area contributed by atoms with Gasteiger partial charge in [-0.1, -0.05) is 72.8 Å². The summed E-state index contributed by atoms with van der Waals surface area (Å²) >= 11 is 0. The number of nitrogens with one attached hydrogen (secondary N) is 2. The number of aryl methyl sites for hydroxylation is 1. The normalized spacial score (nSPS) is 14.9. The molecule has 1 aliphatic rings. The van der Waals surface area contributed by atoms with Crippen molar-refractivity contribution in [2.75, 3.05) is 18.5 Å². The maximum Gasteiger partial charge on any atom is 0.253 e. The van der Waals surface area contributed by atoms with Crippen LogP contribution < -0.4 is 10.6 Å². The highest BCUT2D eigenvalue weighted by Gasteiger charge is 2.20. The van der Waals surface area contributed by atoms with Gasteiger partial charge in [0, 0.05) is 37.1 Å². The minimum atomic E-state index is -0.237. The van der Waals surface area contributed by atoms with Crippen LogP contribution in [0.5, 0.6) is 0 Å². The van der Waals surface area contributed by atoms with Crippen LogP contribution in [0.25, 0.3) is 22.6 Å². The van der Waals surface area contributed by atoms with E-state index in [2.05, 4.69) is 10.6 Å². The second-order valence-corrected chi connectivity index (χ2v) is 8.96. The molecule has 7 nitrogen and oxygen atoms in total. The summed E-state index contributed by atoms with van der Waals surface area (Å²) in [5.41, 5.74) is 3.51. The number of nitrogens with zero attached hydrogens (tertiary/aromatic N) is 1. The van der Waals surface area contributed by atoms with E-state index in [1.165, 1.54) is 0 Å². The first kappa shape index (κ1) is 24.5. The highest BCUT2D eigenvalue weighted by molar-refractivity contribution is 6.03. The maximum absolute atomic E-state index is 12.8. The van der Waals surface area contributed by atoms with E-state index in [0.29, 0.717) is 35.9 Å². The largest absolute Gasteiger partial charge is 0.440 e. The van der Waals surface area contributed by atoms with E-state index in [9.17, 15) is 9.59 Å². The number of ether oxygens (including phenoxy) is 1. The second-order valence-electron chi connectivity index (χ2n) is 8.96. The maximum atomic E-state index is 12.8. The molecule has 37 heavy (non-hydrogen) atoms. The third kappa shape index (κ3) is 6.13. The lowest BCUT2D eigenvalue weighted by Gasteiger charge is -2.13. The number of oxazole rings is 1. The van der Waals surface area contributed by atoms with Gasteiger partial charge in [-0.3, -0.25) is 9.59 Å². The minimum Gasteiger partial charge on any atom is -0.440 e. The first-order chi connectivity index (χ1) is 18.2. The van der Waals surface area contributed by atoms with Crippen LogP contribution in [0.15, 0.2) is 89.3 Å². The average Bonchev–Trinajstić information content (AvgIpc) is 3.62. The summed E-state index contributed by atoms with van der Waals surface area (Å²) in [6, 6.07) is 26.7. The smallest absolute Gasteiger partial charge is 0.253 e. The molecule has 1 aromatic heterocycles. The van der Waals surface area contributed by atoms with E-state index in [1.54, 1.807) is 24.3 Å². The number of carbonyl (C=O) groups excluding carboxylic acids is 2. The molecule has 0 spiro atoms. The van der Waals surface area contributed by atoms with Crippen LogP contribution in [0.1, 0.15) is 35.5 Å². The lowest BCUT2D eigenvalue weighted by atomic mass is 10.1. The van der Waals surface area contributed by atoms with Crippen molar-refractivity contribution in [1.82, 2.24) is 10.3 Å². The molecule has 1 atom stereocenters. The molecule has 0 aliphatic carbocycles. The molecule has 1 saturated heterocycles. The van der Waals surface area contributed by atoms with Crippen molar-refractivity contribution < 1.29 is 18.7 Å². The standard InChI is InChI=1S/C30H29N3O4/c34-26(32-25-16-8-7-15-24(25)30(35)31-20-23-14-9-19-36-23)17-18-27-33-28(21-10-3-1-4-11-21)29(37-27)22-12-5-2-6-13-22/h1-8,10-13,15-16,23H,9,14,17-20H2,(H,31,35)(H,32,34). The van der Waals surface area contributed by atoms with Crippen molar-refractivity contribution in [3.8, 4) is 22.6 Å². The topological polar surface area (TPSA) is 93.5 Å². The SMILES string of the molecule is O=C(CCc1nc(-c2ccccc2)c(-c2ccccc2)o1)Nc1ccccc1C(=O)NCC1CCCO1. The van der Waals surface area contributed by atoms with Crippen LogP contribution in [0.4, 0.5) is 5.69 Å². The van der Waals surface area contributed by atoms with Gasteiger partial charge in [0.15, 0.2) is 11.7 Å². The molecule has 3 aromatic carbocycles. The second kappa shape index (κ2) is 11.7. The van der Waals surface area contributed by atoms with Gasteiger partial charge in [-0.15, -0.1) is 0 Å². The number of aromatic nitrogens is 1. The number of anilines is 1. The Kier molecular flexibility index (Phi) is 7.72. The summed E-state index contributed by atoms with van der Waals surface area (Å²) < 4.78 is 11.7. The Bertz CT molecular complexity index is 1290. The molecule has 0 saturated carbocycles. The van der Waals surface area contributed by atoms with Crippen LogP contribution in [0.3, 0.4) is 0 Å². The molecule has 0 bridgehead atoms. The predicted molar refractivity (Wildman–Crippen MR) is 142 cm³/mol. The van der Waals surface area contributed by atoms with E-state index in [0.717, 1.165) is 36.3 Å². The van der Waals surface area contributed by atoms with Crippen LogP contribution in [0, 0.1) is 0 Å². The summed E-state index contributed by atoms with van der Waals surface area (Å²) in [7, 11) is 0. The van der Waals surface area contributed by atoms with Gasteiger partial charge in [0.1, 0.15) is 5.69 Å². The van der Waals surface area contributed by atoms with Gasteiger partial charge < -0.3 is 19.8 Å². The first-order valence-corrected chi connectivity index (χ1v) is 12.6. The van der Waals surface area contributed by atoms with Gasteiger partial charge >= 0.3 is 0 Å². The third-order valence-corrected chi connectivity index (χ3v) is 6.28. The molecule has 1 fully saturated rings. The fraction of sp³-hybridized carbons (Fsp3) is 0.233. The molecular formula is C30H29N3O4. The van der Waals surface area contributed by atoms with Crippen molar-refractivity contribution >= 4 is 17.5 Å². The van der Waals surface area contributed by atoms with Gasteiger partial charge in [0.25, 0.3) is 5.91 Å². The molecule has 2 amide bonds. The highest BCUT2D eigenvalue weighted by atomic mass is 16.5. The zero-order valence-corrected chi connectivity index (χ0v) is 20.5. The van der Waals surface area contributed by atoms with Crippen LogP contribution >= 0.6 is 0 Å². The van der Waals surface area contributed by atoms with Gasteiger partial charge in [0.05, 0.1) is 17.4 Å². The van der Waals surface area contributed by atoms with Crippen molar-refractivity contribution in [3.05, 3.63) is 96.4 Å². The molecule has 1 unspecified atom stereocenters. The van der Waals surface area contributed by atoms with E-state index >= 15 is 0 Å². The van der Waals surface area contributed by atoms with Gasteiger partial charge in [-0.25, -0.2) is 4.98 Å². The molecule has 188 valence electrons. The number of carbonyl (C=O) groups is 2. The summed E-state index contributed by atoms with van der Waals surface area (Å²) in [6.45, 7) is 1.19. The summed E-state index contributed by atoms with van der Waals surface area (Å²) in [6.07, 6.45) is 2.49. The number of para-hydroxylation sites is 1. The van der Waals surface area contributed by atoms with Gasteiger partial charge in [-0.05, 0) is 25.0 Å². The number of hydrogen-bond acceptors (Lipinski definition) is 5. The molecule has 0 radical (unpaired) electrons. The number of benzene rings is 3. The molecule has 4 aromatic rings. The molecular weight excluding hydrogens is 466 g/mol. The monoisotopic (exact) mass is 495 g/mol. The van der Waals surface area contributed by atoms with Crippen molar-refractivity contribution in [2.45, 2.75) is 31.8 Å².